The first-order chi connectivity index (χ1) is 5.29. The maximum atomic E-state index is 2.32. The van der Waals surface area contributed by atoms with Crippen LogP contribution in [0.3, 0.4) is 0 Å². The molecule has 0 bridgehead atoms. The normalized spacial score (nSPS) is 20.7. The monoisotopic (exact) mass is 259 g/mol. The molecule has 0 saturated carbocycles. The second kappa shape index (κ2) is 2.66. The molecule has 0 aromatic carbocycles. The van der Waals surface area contributed by atoms with Crippen LogP contribution in [0.25, 0.3) is 0 Å². The Labute approximate surface area is 81.0 Å². The molecular formula is C9H10IN. The number of likely N-dealkylation sites (N-methyl/N-ethyl adjacent to an activating group) is 1. The van der Waals surface area contributed by atoms with E-state index in [1.165, 1.54) is 18.5 Å². The molecule has 0 N–H and O–H groups in total. The standard InChI is InChI=1S/C9H10IN/c1-11(10)9-5-3-2-4-7-6-8(7)9/h2-3,5H,4,6H2,1H3. The van der Waals surface area contributed by atoms with E-state index in [0.717, 1.165) is 0 Å². The van der Waals surface area contributed by atoms with E-state index in [4.69, 9.17) is 0 Å². The maximum absolute atomic E-state index is 2.32. The van der Waals surface area contributed by atoms with Crippen LogP contribution in [0.15, 0.2) is 35.1 Å². The Morgan fingerprint density at radius 1 is 1.55 bits per heavy atom. The lowest BCUT2D eigenvalue weighted by Crippen LogP contribution is -2.01. The van der Waals surface area contributed by atoms with Crippen molar-refractivity contribution in [1.82, 2.24) is 3.11 Å². The van der Waals surface area contributed by atoms with Crippen molar-refractivity contribution >= 4 is 22.9 Å². The second-order valence-electron chi connectivity index (χ2n) is 2.92. The maximum Gasteiger partial charge on any atom is 0.0588 e. The predicted octanol–water partition coefficient (Wildman–Crippen LogP) is 2.81. The Morgan fingerprint density at radius 3 is 3.09 bits per heavy atom. The van der Waals surface area contributed by atoms with Gasteiger partial charge in [-0.2, -0.15) is 0 Å². The number of rotatable bonds is 1. The highest BCUT2D eigenvalue weighted by molar-refractivity contribution is 14.1. The molecule has 0 heterocycles. The molecule has 0 aliphatic heterocycles. The molecule has 2 rings (SSSR count). The van der Waals surface area contributed by atoms with Crippen molar-refractivity contribution < 1.29 is 0 Å². The van der Waals surface area contributed by atoms with E-state index in [-0.39, 0.29) is 0 Å². The lowest BCUT2D eigenvalue weighted by molar-refractivity contribution is 0.774. The second-order valence-corrected chi connectivity index (χ2v) is 4.37. The van der Waals surface area contributed by atoms with E-state index in [2.05, 4.69) is 51.3 Å². The van der Waals surface area contributed by atoms with E-state index in [0.29, 0.717) is 0 Å². The zero-order valence-electron chi connectivity index (χ0n) is 6.47. The first-order valence-electron chi connectivity index (χ1n) is 3.76. The molecule has 1 nitrogen and oxygen atoms in total. The van der Waals surface area contributed by atoms with Gasteiger partial charge in [-0.1, -0.05) is 17.7 Å². The zero-order chi connectivity index (χ0) is 7.84. The summed E-state index contributed by atoms with van der Waals surface area (Å²) in [5.74, 6) is 0. The third-order valence-corrected chi connectivity index (χ3v) is 2.61. The highest BCUT2D eigenvalue weighted by Gasteiger charge is 2.25. The van der Waals surface area contributed by atoms with Crippen LogP contribution >= 0.6 is 22.9 Å². The summed E-state index contributed by atoms with van der Waals surface area (Å²) in [5, 5.41) is 0. The minimum atomic E-state index is 1.17. The molecule has 58 valence electrons. The summed E-state index contributed by atoms with van der Waals surface area (Å²) in [6.07, 6.45) is 8.98. The van der Waals surface area contributed by atoms with Crippen molar-refractivity contribution in [3.05, 3.63) is 35.1 Å². The van der Waals surface area contributed by atoms with Crippen LogP contribution in [0.1, 0.15) is 12.8 Å². The van der Waals surface area contributed by atoms with E-state index in [1.54, 1.807) is 11.1 Å². The highest BCUT2D eigenvalue weighted by Crippen LogP contribution is 2.42. The van der Waals surface area contributed by atoms with Crippen molar-refractivity contribution in [2.45, 2.75) is 12.8 Å². The summed E-state index contributed by atoms with van der Waals surface area (Å²) in [6, 6.07) is 0. The first kappa shape index (κ1) is 7.40. The van der Waals surface area contributed by atoms with E-state index < -0.39 is 0 Å². The quantitative estimate of drug-likeness (QED) is 0.517. The Morgan fingerprint density at radius 2 is 2.36 bits per heavy atom. The van der Waals surface area contributed by atoms with Crippen molar-refractivity contribution in [2.24, 2.45) is 0 Å². The molecule has 11 heavy (non-hydrogen) atoms. The highest BCUT2D eigenvalue weighted by atomic mass is 127. The molecule has 0 saturated heterocycles. The van der Waals surface area contributed by atoms with Crippen LogP contribution in [0.5, 0.6) is 0 Å². The average Bonchev–Trinajstić information content (AvgIpc) is 2.60. The smallest absolute Gasteiger partial charge is 0.0588 e. The number of nitrogens with zero attached hydrogens (tertiary/aromatic N) is 1. The van der Waals surface area contributed by atoms with E-state index in [9.17, 15) is 0 Å². The van der Waals surface area contributed by atoms with Gasteiger partial charge in [-0.25, -0.2) is 0 Å². The third-order valence-electron chi connectivity index (χ3n) is 2.09. The topological polar surface area (TPSA) is 3.24 Å². The van der Waals surface area contributed by atoms with Crippen molar-refractivity contribution in [2.75, 3.05) is 7.05 Å². The van der Waals surface area contributed by atoms with Gasteiger partial charge in [0.2, 0.25) is 0 Å². The molecule has 2 aliphatic rings. The summed E-state index contributed by atoms with van der Waals surface area (Å²) < 4.78 is 2.16. The van der Waals surface area contributed by atoms with Crippen LogP contribution in [-0.4, -0.2) is 10.2 Å². The minimum Gasteiger partial charge on any atom is -0.318 e. The Balaban J connectivity index is 2.29. The van der Waals surface area contributed by atoms with Crippen LogP contribution < -0.4 is 0 Å². The van der Waals surface area contributed by atoms with Crippen LogP contribution in [0, 0.1) is 0 Å². The van der Waals surface area contributed by atoms with Gasteiger partial charge in [0, 0.05) is 12.7 Å². The van der Waals surface area contributed by atoms with Crippen molar-refractivity contribution in [3.63, 3.8) is 0 Å². The number of allylic oxidation sites excluding steroid dienone is 5. The average molecular weight is 259 g/mol. The van der Waals surface area contributed by atoms with Gasteiger partial charge in [0.05, 0.1) is 22.9 Å². The lowest BCUT2D eigenvalue weighted by atomic mass is 10.3. The molecular weight excluding hydrogens is 249 g/mol. The molecule has 0 fully saturated rings. The third kappa shape index (κ3) is 1.36. The van der Waals surface area contributed by atoms with Gasteiger partial charge in [0.25, 0.3) is 0 Å². The van der Waals surface area contributed by atoms with Crippen LogP contribution in [-0.2, 0) is 0 Å². The van der Waals surface area contributed by atoms with Gasteiger partial charge in [-0.05, 0) is 24.5 Å². The summed E-state index contributed by atoms with van der Waals surface area (Å²) in [6.45, 7) is 0. The Hall–Kier alpha value is -0.250. The molecule has 0 radical (unpaired) electrons. The molecule has 2 aliphatic carbocycles. The predicted molar refractivity (Wildman–Crippen MR) is 55.3 cm³/mol. The summed E-state index contributed by atoms with van der Waals surface area (Å²) in [4.78, 5) is 0. The summed E-state index contributed by atoms with van der Waals surface area (Å²) in [7, 11) is 2.09. The van der Waals surface area contributed by atoms with Gasteiger partial charge in [0.15, 0.2) is 0 Å². The largest absolute Gasteiger partial charge is 0.318 e. The van der Waals surface area contributed by atoms with E-state index in [1.807, 2.05) is 0 Å². The lowest BCUT2D eigenvalue weighted by Gasteiger charge is -2.10. The van der Waals surface area contributed by atoms with Gasteiger partial charge in [-0.3, -0.25) is 0 Å². The van der Waals surface area contributed by atoms with Gasteiger partial charge in [0.1, 0.15) is 0 Å². The van der Waals surface area contributed by atoms with E-state index >= 15 is 0 Å². The van der Waals surface area contributed by atoms with Crippen LogP contribution in [0.2, 0.25) is 0 Å². The fourth-order valence-corrected chi connectivity index (χ4v) is 1.85. The molecule has 0 spiro atoms. The zero-order valence-corrected chi connectivity index (χ0v) is 8.63. The van der Waals surface area contributed by atoms with Gasteiger partial charge < -0.3 is 3.11 Å². The molecule has 0 aromatic rings. The molecule has 0 aromatic heterocycles. The minimum absolute atomic E-state index is 1.17. The van der Waals surface area contributed by atoms with Crippen molar-refractivity contribution in [3.8, 4) is 0 Å². The Kier molecular flexibility index (Phi) is 1.79. The number of hydrogen-bond donors (Lipinski definition) is 0. The fraction of sp³-hybridized carbons (Fsp3) is 0.333. The van der Waals surface area contributed by atoms with Gasteiger partial charge >= 0.3 is 0 Å². The molecule has 0 atom stereocenters. The summed E-state index contributed by atoms with van der Waals surface area (Å²) >= 11 is 2.32. The first-order valence-corrected chi connectivity index (χ1v) is 4.73. The summed E-state index contributed by atoms with van der Waals surface area (Å²) in [5.41, 5.74) is 4.56. The van der Waals surface area contributed by atoms with Gasteiger partial charge in [-0.15, -0.1) is 0 Å². The fourth-order valence-electron chi connectivity index (χ4n) is 1.39. The van der Waals surface area contributed by atoms with Crippen molar-refractivity contribution in [1.29, 1.82) is 0 Å². The number of hydrogen-bond acceptors (Lipinski definition) is 1. The molecule has 0 unspecified atom stereocenters. The Bertz CT molecular complexity index is 271. The van der Waals surface area contributed by atoms with Crippen LogP contribution in [0.4, 0.5) is 0 Å². The SMILES string of the molecule is CN(I)C1=CC=CCC2=C1C2. The molecule has 2 heteroatoms. The number of halogens is 1. The molecule has 0 amide bonds.